The summed E-state index contributed by atoms with van der Waals surface area (Å²) >= 11 is 5.98. The highest BCUT2D eigenvalue weighted by atomic mass is 35.5. The van der Waals surface area contributed by atoms with Gasteiger partial charge in [0.15, 0.2) is 0 Å². The van der Waals surface area contributed by atoms with Crippen LogP contribution in [0, 0.1) is 5.41 Å². The van der Waals surface area contributed by atoms with Crippen molar-refractivity contribution < 1.29 is 18.8 Å². The monoisotopic (exact) mass is 459 g/mol. The lowest BCUT2D eigenvalue weighted by molar-refractivity contribution is -0.948. The van der Waals surface area contributed by atoms with E-state index in [1.54, 1.807) is 0 Å². The molecule has 0 radical (unpaired) electrons. The van der Waals surface area contributed by atoms with Gasteiger partial charge in [-0.05, 0) is 61.9 Å². The quantitative estimate of drug-likeness (QED) is 0.308. The minimum atomic E-state index is -0.644. The van der Waals surface area contributed by atoms with Crippen molar-refractivity contribution in [1.82, 2.24) is 0 Å². The second-order valence-electron chi connectivity index (χ2n) is 9.48. The predicted molar refractivity (Wildman–Crippen MR) is 129 cm³/mol. The van der Waals surface area contributed by atoms with Gasteiger partial charge in [0, 0.05) is 11.6 Å². The molecule has 0 saturated carbocycles. The number of halogens is 1. The summed E-state index contributed by atoms with van der Waals surface area (Å²) in [7, 11) is 0. The highest BCUT2D eigenvalue weighted by Crippen LogP contribution is 2.23. The Balaban J connectivity index is 1.49. The predicted octanol–water partition coefficient (Wildman–Crippen LogP) is 5.01. The zero-order chi connectivity index (χ0) is 23.0. The minimum absolute atomic E-state index is 0.218. The highest BCUT2D eigenvalue weighted by Gasteiger charge is 2.34. The molecule has 174 valence electrons. The first-order valence-electron chi connectivity index (χ1n) is 11.5. The van der Waals surface area contributed by atoms with Crippen LogP contribution in [0.2, 0.25) is 5.02 Å². The van der Waals surface area contributed by atoms with Gasteiger partial charge in [-0.1, -0.05) is 48.0 Å². The van der Waals surface area contributed by atoms with Gasteiger partial charge >= 0.3 is 5.97 Å². The molecule has 1 aliphatic rings. The lowest BCUT2D eigenvalue weighted by atomic mass is 9.94. The summed E-state index contributed by atoms with van der Waals surface area (Å²) in [5.74, 6) is -0.218. The van der Waals surface area contributed by atoms with Crippen molar-refractivity contribution in [2.45, 2.75) is 39.7 Å². The molecule has 2 aromatic carbocycles. The number of quaternary nitrogens is 1. The van der Waals surface area contributed by atoms with Crippen LogP contribution in [0.4, 0.5) is 0 Å². The van der Waals surface area contributed by atoms with Crippen LogP contribution in [0.15, 0.2) is 48.5 Å². The van der Waals surface area contributed by atoms with Gasteiger partial charge in [0.1, 0.15) is 6.54 Å². The maximum absolute atomic E-state index is 12.4. The summed E-state index contributed by atoms with van der Waals surface area (Å²) in [5.41, 5.74) is 8.52. The molecule has 1 fully saturated rings. The van der Waals surface area contributed by atoms with E-state index in [4.69, 9.17) is 26.8 Å². The summed E-state index contributed by atoms with van der Waals surface area (Å²) in [4.78, 5) is 12.4. The lowest BCUT2D eigenvalue weighted by Crippen LogP contribution is -2.55. The molecule has 32 heavy (non-hydrogen) atoms. The fourth-order valence-electron chi connectivity index (χ4n) is 3.96. The number of esters is 1. The topological polar surface area (TPSA) is 61.6 Å². The number of hydrogen-bond donors (Lipinski definition) is 1. The van der Waals surface area contributed by atoms with Crippen molar-refractivity contribution in [3.63, 3.8) is 0 Å². The molecule has 0 atom stereocenters. The van der Waals surface area contributed by atoms with E-state index in [1.165, 1.54) is 6.42 Å². The number of rotatable bonds is 10. The van der Waals surface area contributed by atoms with E-state index in [9.17, 15) is 4.79 Å². The summed E-state index contributed by atoms with van der Waals surface area (Å²) in [6.07, 6.45) is 3.55. The van der Waals surface area contributed by atoms with E-state index in [1.807, 2.05) is 38.1 Å². The van der Waals surface area contributed by atoms with E-state index >= 15 is 0 Å². The van der Waals surface area contributed by atoms with Crippen LogP contribution in [-0.2, 0) is 20.9 Å². The third kappa shape index (κ3) is 6.79. The third-order valence-corrected chi connectivity index (χ3v) is 6.66. The molecule has 0 aromatic heterocycles. The van der Waals surface area contributed by atoms with E-state index < -0.39 is 5.41 Å². The van der Waals surface area contributed by atoms with Crippen LogP contribution in [0.5, 0.6) is 0 Å². The number of hydrogen-bond acceptors (Lipinski definition) is 4. The number of nitrogens with two attached hydrogens (primary N) is 1. The van der Waals surface area contributed by atoms with Gasteiger partial charge in [0.2, 0.25) is 6.73 Å². The van der Waals surface area contributed by atoms with Crippen LogP contribution in [0.3, 0.4) is 0 Å². The fourth-order valence-corrected chi connectivity index (χ4v) is 4.08. The average Bonchev–Trinajstić information content (AvgIpc) is 2.82. The SMILES string of the molecule is CC(C)(CN)C(=O)OC[N+]1(CCOCc2ccc(-c3ccc(Cl)cc3)cc2)CCCCC1. The Labute approximate surface area is 197 Å². The van der Waals surface area contributed by atoms with Gasteiger partial charge in [-0.3, -0.25) is 9.28 Å². The van der Waals surface area contributed by atoms with Crippen molar-refractivity contribution >= 4 is 17.6 Å². The minimum Gasteiger partial charge on any atom is -0.415 e. The van der Waals surface area contributed by atoms with Gasteiger partial charge in [0.05, 0.1) is 31.7 Å². The zero-order valence-corrected chi connectivity index (χ0v) is 20.1. The molecule has 0 spiro atoms. The van der Waals surface area contributed by atoms with Gasteiger partial charge in [0.25, 0.3) is 0 Å². The summed E-state index contributed by atoms with van der Waals surface area (Å²) in [6.45, 7) is 8.45. The molecule has 6 heteroatoms. The maximum atomic E-state index is 12.4. The Bertz CT molecular complexity index is 860. The molecule has 5 nitrogen and oxygen atoms in total. The Hall–Kier alpha value is -1.92. The number of carbonyl (C=O) groups is 1. The van der Waals surface area contributed by atoms with Gasteiger partial charge in [-0.15, -0.1) is 0 Å². The molecule has 1 aliphatic heterocycles. The van der Waals surface area contributed by atoms with E-state index in [-0.39, 0.29) is 12.5 Å². The second-order valence-corrected chi connectivity index (χ2v) is 9.91. The molecule has 1 heterocycles. The van der Waals surface area contributed by atoms with Crippen molar-refractivity contribution in [1.29, 1.82) is 0 Å². The fraction of sp³-hybridized carbons (Fsp3) is 0.500. The zero-order valence-electron chi connectivity index (χ0n) is 19.3. The van der Waals surface area contributed by atoms with E-state index in [0.29, 0.717) is 19.9 Å². The molecular weight excluding hydrogens is 424 g/mol. The summed E-state index contributed by atoms with van der Waals surface area (Å²) in [5, 5.41) is 0.741. The molecular formula is C26H36ClN2O3+. The number of piperidine rings is 1. The highest BCUT2D eigenvalue weighted by molar-refractivity contribution is 6.30. The Morgan fingerprint density at radius 3 is 2.19 bits per heavy atom. The molecule has 0 aliphatic carbocycles. The van der Waals surface area contributed by atoms with Crippen LogP contribution in [0.25, 0.3) is 11.1 Å². The Morgan fingerprint density at radius 1 is 1.00 bits per heavy atom. The van der Waals surface area contributed by atoms with Gasteiger partial charge in [-0.2, -0.15) is 0 Å². The van der Waals surface area contributed by atoms with Crippen LogP contribution in [-0.4, -0.2) is 50.0 Å². The van der Waals surface area contributed by atoms with Gasteiger partial charge in [-0.25, -0.2) is 0 Å². The maximum Gasteiger partial charge on any atom is 0.317 e. The number of nitrogens with zero attached hydrogens (tertiary/aromatic N) is 1. The average molecular weight is 460 g/mol. The Morgan fingerprint density at radius 2 is 1.59 bits per heavy atom. The third-order valence-electron chi connectivity index (χ3n) is 6.41. The van der Waals surface area contributed by atoms with Crippen LogP contribution >= 0.6 is 11.6 Å². The summed E-state index contributed by atoms with van der Waals surface area (Å²) in [6, 6.07) is 16.3. The standard InChI is InChI=1S/C26H36ClN2O3/c1-26(2,19-28)25(30)32-20-29(14-4-3-5-15-29)16-17-31-18-21-6-8-22(9-7-21)23-10-12-24(27)13-11-23/h6-13H,3-5,14-20,28H2,1-2H3/q+1. The second kappa shape index (κ2) is 11.3. The Kier molecular flexibility index (Phi) is 8.72. The van der Waals surface area contributed by atoms with Crippen LogP contribution < -0.4 is 5.73 Å². The van der Waals surface area contributed by atoms with Crippen LogP contribution in [0.1, 0.15) is 38.7 Å². The molecule has 1 saturated heterocycles. The summed E-state index contributed by atoms with van der Waals surface area (Å²) < 4.78 is 12.5. The lowest BCUT2D eigenvalue weighted by Gasteiger charge is -2.41. The first-order valence-corrected chi connectivity index (χ1v) is 11.9. The molecule has 2 aromatic rings. The van der Waals surface area contributed by atoms with E-state index in [0.717, 1.165) is 58.7 Å². The number of benzene rings is 2. The van der Waals surface area contributed by atoms with Crippen molar-refractivity contribution in [2.75, 3.05) is 39.5 Å². The van der Waals surface area contributed by atoms with Crippen molar-refractivity contribution in [3.05, 3.63) is 59.1 Å². The number of likely N-dealkylation sites (tertiary alicyclic amines) is 1. The number of carbonyl (C=O) groups excluding carboxylic acids is 1. The molecule has 0 unspecified atom stereocenters. The number of ether oxygens (including phenoxy) is 2. The molecule has 2 N–H and O–H groups in total. The largest absolute Gasteiger partial charge is 0.415 e. The first-order chi connectivity index (χ1) is 15.3. The van der Waals surface area contributed by atoms with E-state index in [2.05, 4.69) is 24.3 Å². The smallest absolute Gasteiger partial charge is 0.317 e. The van der Waals surface area contributed by atoms with Crippen molar-refractivity contribution in [2.24, 2.45) is 11.1 Å². The first kappa shape index (κ1) is 24.7. The molecule has 0 amide bonds. The molecule has 0 bridgehead atoms. The van der Waals surface area contributed by atoms with Crippen molar-refractivity contribution in [3.8, 4) is 11.1 Å². The molecule has 3 rings (SSSR count). The van der Waals surface area contributed by atoms with Gasteiger partial charge < -0.3 is 15.2 Å². The normalized spacial score (nSPS) is 16.0.